The summed E-state index contributed by atoms with van der Waals surface area (Å²) in [5, 5.41) is 10.2. The van der Waals surface area contributed by atoms with Crippen LogP contribution in [-0.4, -0.2) is 39.1 Å². The van der Waals surface area contributed by atoms with Crippen molar-refractivity contribution in [2.45, 2.75) is 39.0 Å². The van der Waals surface area contributed by atoms with E-state index in [2.05, 4.69) is 22.1 Å². The molecular weight excluding hydrogens is 284 g/mol. The fourth-order valence-corrected chi connectivity index (χ4v) is 3.58. The number of carbonyl (C=O) groups is 1. The lowest BCUT2D eigenvalue weighted by atomic mass is 9.92. The Hall–Kier alpha value is -1.69. The second-order valence-corrected chi connectivity index (χ2v) is 6.74. The van der Waals surface area contributed by atoms with Crippen molar-refractivity contribution in [2.24, 2.45) is 0 Å². The van der Waals surface area contributed by atoms with Crippen LogP contribution in [-0.2, 0) is 11.2 Å². The van der Waals surface area contributed by atoms with Gasteiger partial charge in [-0.05, 0) is 32.3 Å². The normalized spacial score (nSPS) is 19.0. The molecule has 3 heterocycles. The monoisotopic (exact) mass is 304 g/mol. The van der Waals surface area contributed by atoms with E-state index in [-0.39, 0.29) is 5.91 Å². The third kappa shape index (κ3) is 3.15. The molecule has 2 aromatic heterocycles. The molecule has 112 valence electrons. The van der Waals surface area contributed by atoms with Gasteiger partial charge in [-0.1, -0.05) is 0 Å². The van der Waals surface area contributed by atoms with Gasteiger partial charge in [-0.2, -0.15) is 5.10 Å². The van der Waals surface area contributed by atoms with Crippen molar-refractivity contribution in [2.75, 3.05) is 13.1 Å². The molecule has 0 aliphatic carbocycles. The molecule has 5 nitrogen and oxygen atoms in total. The Kier molecular flexibility index (Phi) is 4.05. The molecule has 0 saturated carbocycles. The number of rotatable bonds is 3. The van der Waals surface area contributed by atoms with Gasteiger partial charge < -0.3 is 4.90 Å². The second-order valence-electron chi connectivity index (χ2n) is 5.68. The van der Waals surface area contributed by atoms with Crippen LogP contribution in [0.4, 0.5) is 0 Å². The Morgan fingerprint density at radius 3 is 3.05 bits per heavy atom. The lowest BCUT2D eigenvalue weighted by molar-refractivity contribution is -0.131. The summed E-state index contributed by atoms with van der Waals surface area (Å²) in [6, 6.07) is 0. The average Bonchev–Trinajstić information content (AvgIpc) is 3.07. The molecule has 1 saturated heterocycles. The smallest absolute Gasteiger partial charge is 0.228 e. The van der Waals surface area contributed by atoms with Gasteiger partial charge in [0, 0.05) is 30.1 Å². The molecule has 1 unspecified atom stereocenters. The van der Waals surface area contributed by atoms with Crippen molar-refractivity contribution < 1.29 is 4.79 Å². The zero-order valence-electron chi connectivity index (χ0n) is 12.4. The number of aryl methyl sites for hydroxylation is 2. The topological polar surface area (TPSA) is 61.9 Å². The number of carbonyl (C=O) groups excluding carboxylic acids is 1. The molecule has 1 N–H and O–H groups in total. The molecule has 2 aromatic rings. The van der Waals surface area contributed by atoms with Gasteiger partial charge in [-0.15, -0.1) is 11.3 Å². The van der Waals surface area contributed by atoms with Crippen LogP contribution >= 0.6 is 11.3 Å². The fraction of sp³-hybridized carbons (Fsp3) is 0.533. The van der Waals surface area contributed by atoms with Crippen molar-refractivity contribution in [3.8, 4) is 0 Å². The van der Waals surface area contributed by atoms with Crippen LogP contribution in [0.15, 0.2) is 11.6 Å². The van der Waals surface area contributed by atoms with E-state index < -0.39 is 0 Å². The first kappa shape index (κ1) is 14.3. The van der Waals surface area contributed by atoms with Crippen molar-refractivity contribution in [3.63, 3.8) is 0 Å². The number of piperidine rings is 1. The largest absolute Gasteiger partial charge is 0.342 e. The van der Waals surface area contributed by atoms with E-state index >= 15 is 0 Å². The molecule has 3 rings (SSSR count). The van der Waals surface area contributed by atoms with Gasteiger partial charge in [0.25, 0.3) is 0 Å². The van der Waals surface area contributed by atoms with Crippen molar-refractivity contribution in [1.29, 1.82) is 0 Å². The minimum absolute atomic E-state index is 0.183. The molecule has 21 heavy (non-hydrogen) atoms. The standard InChI is InChI=1S/C15H20N4OS/c1-10-7-16-18-15(10)12-4-3-5-19(8-12)14(20)6-13-9-21-11(2)17-13/h7,9,12H,3-6,8H2,1-2H3,(H,16,18). The van der Waals surface area contributed by atoms with Crippen LogP contribution in [0, 0.1) is 13.8 Å². The number of hydrogen-bond donors (Lipinski definition) is 1. The second kappa shape index (κ2) is 5.97. The predicted molar refractivity (Wildman–Crippen MR) is 82.4 cm³/mol. The van der Waals surface area contributed by atoms with Crippen LogP contribution in [0.3, 0.4) is 0 Å². The highest BCUT2D eigenvalue weighted by Gasteiger charge is 2.26. The maximum Gasteiger partial charge on any atom is 0.228 e. The summed E-state index contributed by atoms with van der Waals surface area (Å²) < 4.78 is 0. The summed E-state index contributed by atoms with van der Waals surface area (Å²) in [7, 11) is 0. The number of thiazole rings is 1. The molecule has 1 aliphatic rings. The van der Waals surface area contributed by atoms with E-state index in [1.165, 1.54) is 11.3 Å². The summed E-state index contributed by atoms with van der Waals surface area (Å²) in [6.45, 7) is 5.67. The van der Waals surface area contributed by atoms with Crippen molar-refractivity contribution in [1.82, 2.24) is 20.1 Å². The average molecular weight is 304 g/mol. The molecule has 0 aromatic carbocycles. The Labute approximate surface area is 128 Å². The third-order valence-corrected chi connectivity index (χ3v) is 4.87. The van der Waals surface area contributed by atoms with Crippen LogP contribution in [0.2, 0.25) is 0 Å². The van der Waals surface area contributed by atoms with Gasteiger partial charge in [-0.3, -0.25) is 9.89 Å². The van der Waals surface area contributed by atoms with Gasteiger partial charge in [0.15, 0.2) is 0 Å². The first-order chi connectivity index (χ1) is 10.1. The quantitative estimate of drug-likeness (QED) is 0.947. The molecule has 1 fully saturated rings. The SMILES string of the molecule is Cc1nc(CC(=O)N2CCCC(c3[nH]ncc3C)C2)cs1. The molecule has 1 amide bonds. The summed E-state index contributed by atoms with van der Waals surface area (Å²) >= 11 is 1.60. The van der Waals surface area contributed by atoms with Crippen LogP contribution in [0.5, 0.6) is 0 Å². The van der Waals surface area contributed by atoms with Gasteiger partial charge in [-0.25, -0.2) is 4.98 Å². The number of amides is 1. The molecule has 0 radical (unpaired) electrons. The number of hydrogen-bond acceptors (Lipinski definition) is 4. The Morgan fingerprint density at radius 2 is 2.38 bits per heavy atom. The highest BCUT2D eigenvalue weighted by molar-refractivity contribution is 7.09. The number of H-pyrrole nitrogens is 1. The van der Waals surface area contributed by atoms with E-state index in [9.17, 15) is 4.79 Å². The highest BCUT2D eigenvalue weighted by atomic mass is 32.1. The maximum absolute atomic E-state index is 12.4. The van der Waals surface area contributed by atoms with E-state index in [4.69, 9.17) is 0 Å². The minimum atomic E-state index is 0.183. The maximum atomic E-state index is 12.4. The van der Waals surface area contributed by atoms with Gasteiger partial charge in [0.1, 0.15) is 0 Å². The van der Waals surface area contributed by atoms with Crippen LogP contribution in [0.25, 0.3) is 0 Å². The summed E-state index contributed by atoms with van der Waals surface area (Å²) in [5.41, 5.74) is 3.25. The van der Waals surface area contributed by atoms with Crippen LogP contribution in [0.1, 0.15) is 40.7 Å². The lowest BCUT2D eigenvalue weighted by Gasteiger charge is -2.32. The van der Waals surface area contributed by atoms with E-state index in [1.807, 2.05) is 23.4 Å². The van der Waals surface area contributed by atoms with Gasteiger partial charge in [0.2, 0.25) is 5.91 Å². The Balaban J connectivity index is 1.65. The van der Waals surface area contributed by atoms with Crippen molar-refractivity contribution >= 4 is 17.2 Å². The minimum Gasteiger partial charge on any atom is -0.342 e. The molecule has 1 atom stereocenters. The number of nitrogens with one attached hydrogen (secondary N) is 1. The van der Waals surface area contributed by atoms with Gasteiger partial charge >= 0.3 is 0 Å². The Morgan fingerprint density at radius 1 is 1.52 bits per heavy atom. The molecule has 1 aliphatic heterocycles. The fourth-order valence-electron chi connectivity index (χ4n) is 2.97. The first-order valence-electron chi connectivity index (χ1n) is 7.32. The number of aromatic nitrogens is 3. The van der Waals surface area contributed by atoms with E-state index in [0.717, 1.165) is 36.6 Å². The van der Waals surface area contributed by atoms with E-state index in [1.54, 1.807) is 11.3 Å². The number of nitrogens with zero attached hydrogens (tertiary/aromatic N) is 3. The molecular formula is C15H20N4OS. The third-order valence-electron chi connectivity index (χ3n) is 4.05. The molecule has 0 spiro atoms. The zero-order chi connectivity index (χ0) is 14.8. The predicted octanol–water partition coefficient (Wildman–Crippen LogP) is 2.43. The summed E-state index contributed by atoms with van der Waals surface area (Å²) in [4.78, 5) is 18.8. The van der Waals surface area contributed by atoms with Crippen LogP contribution < -0.4 is 0 Å². The number of likely N-dealkylation sites (tertiary alicyclic amines) is 1. The number of aromatic amines is 1. The van der Waals surface area contributed by atoms with E-state index in [0.29, 0.717) is 12.3 Å². The summed E-state index contributed by atoms with van der Waals surface area (Å²) in [5.74, 6) is 0.560. The Bertz CT molecular complexity index is 633. The molecule has 0 bridgehead atoms. The van der Waals surface area contributed by atoms with Gasteiger partial charge in [0.05, 0.1) is 23.3 Å². The lowest BCUT2D eigenvalue weighted by Crippen LogP contribution is -2.40. The first-order valence-corrected chi connectivity index (χ1v) is 8.20. The molecule has 6 heteroatoms. The van der Waals surface area contributed by atoms with Crippen molar-refractivity contribution in [3.05, 3.63) is 33.5 Å². The zero-order valence-corrected chi connectivity index (χ0v) is 13.2. The highest BCUT2D eigenvalue weighted by Crippen LogP contribution is 2.27. The summed E-state index contributed by atoms with van der Waals surface area (Å²) in [6.07, 6.45) is 4.43.